The molecule has 3 nitrogen and oxygen atoms in total. The zero-order valence-corrected chi connectivity index (χ0v) is 18.0. The number of hydrogen-bond donors (Lipinski definition) is 0. The third kappa shape index (κ3) is 6.72. The van der Waals surface area contributed by atoms with Crippen molar-refractivity contribution in [2.75, 3.05) is 25.0 Å². The Labute approximate surface area is 177 Å². The van der Waals surface area contributed by atoms with Crippen LogP contribution in [0.1, 0.15) is 49.7 Å². The minimum Gasteiger partial charge on any atom is -0.494 e. The molecule has 2 atom stereocenters. The van der Waals surface area contributed by atoms with E-state index in [-0.39, 0.29) is 17.6 Å². The third-order valence-electron chi connectivity index (χ3n) is 4.66. The third-order valence-corrected chi connectivity index (χ3v) is 5.20. The van der Waals surface area contributed by atoms with Crippen molar-refractivity contribution >= 4 is 29.0 Å². The fourth-order valence-electron chi connectivity index (χ4n) is 2.94. The summed E-state index contributed by atoms with van der Waals surface area (Å²) in [5, 5.41) is 0. The van der Waals surface area contributed by atoms with Crippen LogP contribution in [-0.4, -0.2) is 30.8 Å². The highest BCUT2D eigenvalue weighted by molar-refractivity contribution is 6.18. The molecule has 0 saturated carbocycles. The molecule has 0 saturated heterocycles. The molecule has 2 rings (SSSR count). The second kappa shape index (κ2) is 12.0. The van der Waals surface area contributed by atoms with Crippen LogP contribution in [0.3, 0.4) is 0 Å². The van der Waals surface area contributed by atoms with Crippen LogP contribution in [0.25, 0.3) is 0 Å². The summed E-state index contributed by atoms with van der Waals surface area (Å²) in [6.45, 7) is 5.03. The van der Waals surface area contributed by atoms with E-state index in [2.05, 4.69) is 0 Å². The van der Waals surface area contributed by atoms with Crippen LogP contribution in [0.2, 0.25) is 0 Å². The summed E-state index contributed by atoms with van der Waals surface area (Å²) in [4.78, 5) is 13.1. The molecule has 2 aromatic carbocycles. The smallest absolute Gasteiger partial charge is 0.147 e. The van der Waals surface area contributed by atoms with Crippen LogP contribution < -0.4 is 9.47 Å². The molecule has 0 bridgehead atoms. The first-order chi connectivity index (χ1) is 13.6. The van der Waals surface area contributed by atoms with Gasteiger partial charge in [-0.05, 0) is 48.2 Å². The molecule has 0 N–H and O–H groups in total. The lowest BCUT2D eigenvalue weighted by atomic mass is 9.86. The van der Waals surface area contributed by atoms with E-state index in [4.69, 9.17) is 32.7 Å². The lowest BCUT2D eigenvalue weighted by molar-refractivity contribution is -0.121. The average Bonchev–Trinajstić information content (AvgIpc) is 2.73. The fourth-order valence-corrected chi connectivity index (χ4v) is 3.16. The van der Waals surface area contributed by atoms with Crippen molar-refractivity contribution in [2.24, 2.45) is 0 Å². The van der Waals surface area contributed by atoms with Gasteiger partial charge in [0.05, 0.1) is 13.2 Å². The van der Waals surface area contributed by atoms with Gasteiger partial charge < -0.3 is 9.47 Å². The Kier molecular flexibility index (Phi) is 9.66. The van der Waals surface area contributed by atoms with Gasteiger partial charge in [-0.1, -0.05) is 38.1 Å². The van der Waals surface area contributed by atoms with Crippen LogP contribution in [0.15, 0.2) is 48.5 Å². The largest absolute Gasteiger partial charge is 0.494 e. The first kappa shape index (κ1) is 22.6. The van der Waals surface area contributed by atoms with Crippen LogP contribution in [0.4, 0.5) is 0 Å². The van der Waals surface area contributed by atoms with E-state index in [9.17, 15) is 4.79 Å². The Balaban J connectivity index is 2.06. The number of ether oxygens (including phenoxy) is 2. The molecule has 0 fully saturated rings. The van der Waals surface area contributed by atoms with Gasteiger partial charge in [0.25, 0.3) is 0 Å². The molecule has 2 aromatic rings. The van der Waals surface area contributed by atoms with E-state index >= 15 is 0 Å². The molecule has 2 unspecified atom stereocenters. The van der Waals surface area contributed by atoms with Gasteiger partial charge >= 0.3 is 0 Å². The van der Waals surface area contributed by atoms with Gasteiger partial charge in [0, 0.05) is 23.6 Å². The lowest BCUT2D eigenvalue weighted by Gasteiger charge is -2.18. The summed E-state index contributed by atoms with van der Waals surface area (Å²) in [7, 11) is 0. The highest BCUT2D eigenvalue weighted by atomic mass is 35.5. The molecule has 0 heterocycles. The van der Waals surface area contributed by atoms with Gasteiger partial charge in [0.15, 0.2) is 0 Å². The standard InChI is InChI=1S/C23H28Cl2O3/c1-17(19-7-3-9-21(15-19)27-13-5-11-24)23(26)18(2)20-8-4-10-22(16-20)28-14-6-12-25/h3-4,7-10,15-18H,5-6,11-14H2,1-2H3. The maximum absolute atomic E-state index is 13.1. The number of ketones is 1. The summed E-state index contributed by atoms with van der Waals surface area (Å²) < 4.78 is 11.4. The van der Waals surface area contributed by atoms with Crippen molar-refractivity contribution in [3.8, 4) is 11.5 Å². The fraction of sp³-hybridized carbons (Fsp3) is 0.435. The van der Waals surface area contributed by atoms with Gasteiger partial charge in [-0.15, -0.1) is 23.2 Å². The molecule has 28 heavy (non-hydrogen) atoms. The zero-order chi connectivity index (χ0) is 20.4. The van der Waals surface area contributed by atoms with Crippen LogP contribution in [0, 0.1) is 0 Å². The van der Waals surface area contributed by atoms with E-state index in [0.717, 1.165) is 35.5 Å². The maximum Gasteiger partial charge on any atom is 0.147 e. The van der Waals surface area contributed by atoms with E-state index in [1.54, 1.807) is 0 Å². The number of Topliss-reactive ketones (excluding diaryl/α,β-unsaturated/α-hetero) is 1. The highest BCUT2D eigenvalue weighted by Crippen LogP contribution is 2.29. The van der Waals surface area contributed by atoms with Gasteiger partial charge in [-0.25, -0.2) is 0 Å². The molecule has 0 aliphatic carbocycles. The number of halogens is 2. The minimum atomic E-state index is -0.229. The molecule has 152 valence electrons. The van der Waals surface area contributed by atoms with Crippen LogP contribution >= 0.6 is 23.2 Å². The number of carbonyl (C=O) groups excluding carboxylic acids is 1. The normalized spacial score (nSPS) is 13.0. The Morgan fingerprint density at radius 1 is 0.821 bits per heavy atom. The summed E-state index contributed by atoms with van der Waals surface area (Å²) in [6.07, 6.45) is 1.58. The van der Waals surface area contributed by atoms with Crippen molar-refractivity contribution in [3.05, 3.63) is 59.7 Å². The van der Waals surface area contributed by atoms with E-state index in [1.807, 2.05) is 62.4 Å². The molecule has 5 heteroatoms. The molecule has 0 aliphatic heterocycles. The summed E-state index contributed by atoms with van der Waals surface area (Å²) in [6, 6.07) is 15.5. The second-order valence-corrected chi connectivity index (χ2v) is 7.53. The quantitative estimate of drug-likeness (QED) is 0.302. The number of carbonyl (C=O) groups is 1. The SMILES string of the molecule is CC(C(=O)C(C)c1cccc(OCCCCl)c1)c1cccc(OCCCCl)c1. The first-order valence-electron chi connectivity index (χ1n) is 9.68. The zero-order valence-electron chi connectivity index (χ0n) is 16.5. The number of benzene rings is 2. The molecule has 0 aliphatic rings. The van der Waals surface area contributed by atoms with Gasteiger partial charge in [0.2, 0.25) is 0 Å². The lowest BCUT2D eigenvalue weighted by Crippen LogP contribution is -2.16. The maximum atomic E-state index is 13.1. The van der Waals surface area contributed by atoms with E-state index in [0.29, 0.717) is 25.0 Å². The first-order valence-corrected chi connectivity index (χ1v) is 10.7. The number of rotatable bonds is 12. The Morgan fingerprint density at radius 2 is 1.25 bits per heavy atom. The topological polar surface area (TPSA) is 35.5 Å². The van der Waals surface area contributed by atoms with Crippen molar-refractivity contribution in [2.45, 2.75) is 38.5 Å². The van der Waals surface area contributed by atoms with Gasteiger partial charge in [0.1, 0.15) is 17.3 Å². The molecular weight excluding hydrogens is 395 g/mol. The Morgan fingerprint density at radius 3 is 1.64 bits per heavy atom. The predicted octanol–water partition coefficient (Wildman–Crippen LogP) is 6.18. The summed E-state index contributed by atoms with van der Waals surface area (Å²) in [5.74, 6) is 2.38. The van der Waals surface area contributed by atoms with Crippen molar-refractivity contribution in [1.82, 2.24) is 0 Å². The minimum absolute atomic E-state index is 0.163. The predicted molar refractivity (Wildman–Crippen MR) is 116 cm³/mol. The average molecular weight is 423 g/mol. The number of hydrogen-bond acceptors (Lipinski definition) is 3. The molecule has 0 aromatic heterocycles. The van der Waals surface area contributed by atoms with E-state index in [1.165, 1.54) is 0 Å². The Hall–Kier alpha value is -1.71. The Bertz CT molecular complexity index is 687. The van der Waals surface area contributed by atoms with Crippen molar-refractivity contribution in [3.63, 3.8) is 0 Å². The van der Waals surface area contributed by atoms with Gasteiger partial charge in [-0.3, -0.25) is 4.79 Å². The van der Waals surface area contributed by atoms with Crippen LogP contribution in [0.5, 0.6) is 11.5 Å². The van der Waals surface area contributed by atoms with Crippen molar-refractivity contribution in [1.29, 1.82) is 0 Å². The summed E-state index contributed by atoms with van der Waals surface area (Å²) in [5.41, 5.74) is 1.91. The number of alkyl halides is 2. The highest BCUT2D eigenvalue weighted by Gasteiger charge is 2.23. The van der Waals surface area contributed by atoms with Crippen molar-refractivity contribution < 1.29 is 14.3 Å². The van der Waals surface area contributed by atoms with Crippen LogP contribution in [-0.2, 0) is 4.79 Å². The van der Waals surface area contributed by atoms with E-state index < -0.39 is 0 Å². The second-order valence-electron chi connectivity index (χ2n) is 6.77. The molecule has 0 radical (unpaired) electrons. The monoisotopic (exact) mass is 422 g/mol. The summed E-state index contributed by atoms with van der Waals surface area (Å²) >= 11 is 11.4. The molecule has 0 spiro atoms. The van der Waals surface area contributed by atoms with Gasteiger partial charge in [-0.2, -0.15) is 0 Å². The molecule has 0 amide bonds. The molecular formula is C23H28Cl2O3.